The van der Waals surface area contributed by atoms with Gasteiger partial charge in [0.15, 0.2) is 0 Å². The molecule has 2 heterocycles. The molecule has 3 heteroatoms. The Morgan fingerprint density at radius 2 is 2.17 bits per heavy atom. The van der Waals surface area contributed by atoms with Crippen LogP contribution in [0, 0.1) is 0 Å². The molecule has 3 nitrogen and oxygen atoms in total. The Labute approximate surface area is 110 Å². The van der Waals surface area contributed by atoms with E-state index >= 15 is 0 Å². The van der Waals surface area contributed by atoms with Gasteiger partial charge < -0.3 is 10.0 Å². The molecule has 0 aromatic carbocycles. The first-order valence-corrected chi connectivity index (χ1v) is 6.84. The third-order valence-electron chi connectivity index (χ3n) is 3.84. The van der Waals surface area contributed by atoms with Gasteiger partial charge in [0.25, 0.3) is 0 Å². The van der Waals surface area contributed by atoms with Crippen molar-refractivity contribution >= 4 is 5.69 Å². The molecule has 2 rings (SSSR count). The highest BCUT2D eigenvalue weighted by Crippen LogP contribution is 2.29. The van der Waals surface area contributed by atoms with Crippen LogP contribution in [0.3, 0.4) is 0 Å². The number of aliphatic hydroxyl groups is 1. The van der Waals surface area contributed by atoms with Gasteiger partial charge in [0.05, 0.1) is 17.5 Å². The molecule has 1 aliphatic rings. The standard InChI is InChI=1S/C15H24N2O/c1-11(2)14-6-5-13(9-16-14)17-10-15(4,18)8-7-12(17)3/h5-6,9,11-12,18H,7-8,10H2,1-4H3. The molecule has 0 radical (unpaired) electrons. The summed E-state index contributed by atoms with van der Waals surface area (Å²) >= 11 is 0. The summed E-state index contributed by atoms with van der Waals surface area (Å²) in [6.45, 7) is 9.12. The molecule has 0 aliphatic carbocycles. The minimum absolute atomic E-state index is 0.459. The summed E-state index contributed by atoms with van der Waals surface area (Å²) in [4.78, 5) is 6.78. The number of β-amino-alcohol motifs (C(OH)–C–C–N with tert-alkyl or cyclic N) is 1. The van der Waals surface area contributed by atoms with E-state index in [1.165, 1.54) is 0 Å². The first-order valence-electron chi connectivity index (χ1n) is 6.84. The Hall–Kier alpha value is -1.09. The van der Waals surface area contributed by atoms with Crippen LogP contribution in [0.25, 0.3) is 0 Å². The van der Waals surface area contributed by atoms with E-state index in [1.807, 2.05) is 13.1 Å². The maximum atomic E-state index is 10.2. The average molecular weight is 248 g/mol. The van der Waals surface area contributed by atoms with E-state index in [4.69, 9.17) is 0 Å². The van der Waals surface area contributed by atoms with Crippen LogP contribution in [0.2, 0.25) is 0 Å². The predicted molar refractivity (Wildman–Crippen MR) is 75.0 cm³/mol. The minimum Gasteiger partial charge on any atom is -0.388 e. The summed E-state index contributed by atoms with van der Waals surface area (Å²) in [6, 6.07) is 4.69. The number of aromatic nitrogens is 1. The Bertz CT molecular complexity index is 397. The number of hydrogen-bond donors (Lipinski definition) is 1. The van der Waals surface area contributed by atoms with Gasteiger partial charge in [-0.2, -0.15) is 0 Å². The van der Waals surface area contributed by atoms with E-state index in [0.717, 1.165) is 24.2 Å². The van der Waals surface area contributed by atoms with Gasteiger partial charge in [-0.3, -0.25) is 4.98 Å². The van der Waals surface area contributed by atoms with Crippen LogP contribution in [0.4, 0.5) is 5.69 Å². The second-order valence-corrected chi connectivity index (χ2v) is 6.11. The highest BCUT2D eigenvalue weighted by atomic mass is 16.3. The van der Waals surface area contributed by atoms with Crippen LogP contribution in [0.1, 0.15) is 52.1 Å². The van der Waals surface area contributed by atoms with Crippen LogP contribution in [-0.2, 0) is 0 Å². The number of pyridine rings is 1. The van der Waals surface area contributed by atoms with Crippen molar-refractivity contribution in [3.05, 3.63) is 24.0 Å². The zero-order valence-corrected chi connectivity index (χ0v) is 11.8. The van der Waals surface area contributed by atoms with Crippen molar-refractivity contribution in [3.8, 4) is 0 Å². The SMILES string of the molecule is CC(C)c1ccc(N2CC(C)(O)CCC2C)cn1. The fourth-order valence-electron chi connectivity index (χ4n) is 2.53. The second kappa shape index (κ2) is 4.88. The molecule has 18 heavy (non-hydrogen) atoms. The summed E-state index contributed by atoms with van der Waals surface area (Å²) in [5.74, 6) is 0.459. The van der Waals surface area contributed by atoms with E-state index in [1.54, 1.807) is 0 Å². The summed E-state index contributed by atoms with van der Waals surface area (Å²) in [5, 5.41) is 10.2. The lowest BCUT2D eigenvalue weighted by atomic mass is 9.90. The predicted octanol–water partition coefficient (Wildman–Crippen LogP) is 2.94. The molecular formula is C15H24N2O. The van der Waals surface area contributed by atoms with Crippen molar-refractivity contribution in [3.63, 3.8) is 0 Å². The van der Waals surface area contributed by atoms with E-state index in [2.05, 4.69) is 42.8 Å². The summed E-state index contributed by atoms with van der Waals surface area (Å²) in [7, 11) is 0. The third kappa shape index (κ3) is 2.83. The number of anilines is 1. The first kappa shape index (κ1) is 13.3. The van der Waals surface area contributed by atoms with Gasteiger partial charge in [0, 0.05) is 18.3 Å². The highest BCUT2D eigenvalue weighted by Gasteiger charge is 2.32. The van der Waals surface area contributed by atoms with Gasteiger partial charge in [0.2, 0.25) is 0 Å². The summed E-state index contributed by atoms with van der Waals surface area (Å²) in [6.07, 6.45) is 3.84. The fourth-order valence-corrected chi connectivity index (χ4v) is 2.53. The molecule has 100 valence electrons. The van der Waals surface area contributed by atoms with Crippen molar-refractivity contribution in [2.45, 2.75) is 58.1 Å². The van der Waals surface area contributed by atoms with E-state index in [0.29, 0.717) is 18.5 Å². The van der Waals surface area contributed by atoms with Crippen LogP contribution in [0.15, 0.2) is 18.3 Å². The largest absolute Gasteiger partial charge is 0.388 e. The quantitative estimate of drug-likeness (QED) is 0.874. The lowest BCUT2D eigenvalue weighted by molar-refractivity contribution is 0.0378. The zero-order valence-electron chi connectivity index (χ0n) is 11.8. The van der Waals surface area contributed by atoms with Crippen LogP contribution in [-0.4, -0.2) is 28.3 Å². The molecule has 1 aromatic heterocycles. The molecular weight excluding hydrogens is 224 g/mol. The molecule has 2 unspecified atom stereocenters. The van der Waals surface area contributed by atoms with E-state index < -0.39 is 5.60 Å². The van der Waals surface area contributed by atoms with Crippen LogP contribution >= 0.6 is 0 Å². The van der Waals surface area contributed by atoms with E-state index in [9.17, 15) is 5.11 Å². The molecule has 0 spiro atoms. The first-order chi connectivity index (χ1) is 8.39. The van der Waals surface area contributed by atoms with Crippen molar-refractivity contribution < 1.29 is 5.11 Å². The summed E-state index contributed by atoms with van der Waals surface area (Å²) < 4.78 is 0. The maximum Gasteiger partial charge on any atom is 0.0794 e. The van der Waals surface area contributed by atoms with Crippen molar-refractivity contribution in [2.75, 3.05) is 11.4 Å². The lowest BCUT2D eigenvalue weighted by Gasteiger charge is -2.42. The Morgan fingerprint density at radius 3 is 2.72 bits per heavy atom. The highest BCUT2D eigenvalue weighted by molar-refractivity contribution is 5.47. The molecule has 2 atom stereocenters. The van der Waals surface area contributed by atoms with Crippen molar-refractivity contribution in [1.29, 1.82) is 0 Å². The number of nitrogens with zero attached hydrogens (tertiary/aromatic N) is 2. The molecule has 0 amide bonds. The minimum atomic E-state index is -0.580. The third-order valence-corrected chi connectivity index (χ3v) is 3.84. The molecule has 1 saturated heterocycles. The van der Waals surface area contributed by atoms with Crippen LogP contribution < -0.4 is 4.90 Å². The number of hydrogen-bond acceptors (Lipinski definition) is 3. The second-order valence-electron chi connectivity index (χ2n) is 6.11. The monoisotopic (exact) mass is 248 g/mol. The fraction of sp³-hybridized carbons (Fsp3) is 0.667. The van der Waals surface area contributed by atoms with Gasteiger partial charge in [-0.05, 0) is 44.7 Å². The van der Waals surface area contributed by atoms with Crippen LogP contribution in [0.5, 0.6) is 0 Å². The number of rotatable bonds is 2. The van der Waals surface area contributed by atoms with Gasteiger partial charge >= 0.3 is 0 Å². The van der Waals surface area contributed by atoms with E-state index in [-0.39, 0.29) is 0 Å². The molecule has 1 N–H and O–H groups in total. The lowest BCUT2D eigenvalue weighted by Crippen LogP contribution is -2.50. The molecule has 0 saturated carbocycles. The topological polar surface area (TPSA) is 36.4 Å². The number of piperidine rings is 1. The summed E-state index contributed by atoms with van der Waals surface area (Å²) in [5.41, 5.74) is 1.66. The molecule has 0 bridgehead atoms. The van der Waals surface area contributed by atoms with Gasteiger partial charge in [-0.1, -0.05) is 13.8 Å². The Morgan fingerprint density at radius 1 is 1.44 bits per heavy atom. The maximum absolute atomic E-state index is 10.2. The van der Waals surface area contributed by atoms with Crippen molar-refractivity contribution in [1.82, 2.24) is 4.98 Å². The van der Waals surface area contributed by atoms with Crippen molar-refractivity contribution in [2.24, 2.45) is 0 Å². The van der Waals surface area contributed by atoms with Gasteiger partial charge in [-0.15, -0.1) is 0 Å². The molecule has 1 fully saturated rings. The average Bonchev–Trinajstić information content (AvgIpc) is 2.32. The normalized spacial score (nSPS) is 28.8. The zero-order chi connectivity index (χ0) is 13.3. The Kier molecular flexibility index (Phi) is 3.62. The molecule has 1 aromatic rings. The molecule has 1 aliphatic heterocycles. The Balaban J connectivity index is 2.19. The van der Waals surface area contributed by atoms with Gasteiger partial charge in [0.1, 0.15) is 0 Å². The van der Waals surface area contributed by atoms with Gasteiger partial charge in [-0.25, -0.2) is 0 Å². The smallest absolute Gasteiger partial charge is 0.0794 e.